The van der Waals surface area contributed by atoms with Crippen LogP contribution in [0.1, 0.15) is 51.8 Å². The molecule has 0 fully saturated rings. The molecule has 102 valence electrons. The highest BCUT2D eigenvalue weighted by molar-refractivity contribution is 5.13. The van der Waals surface area contributed by atoms with Crippen LogP contribution in [0.5, 0.6) is 0 Å². The van der Waals surface area contributed by atoms with Gasteiger partial charge in [-0.05, 0) is 25.0 Å². The van der Waals surface area contributed by atoms with E-state index in [9.17, 15) is 0 Å². The second-order valence-electron chi connectivity index (χ2n) is 5.10. The van der Waals surface area contributed by atoms with Crippen molar-refractivity contribution in [1.29, 1.82) is 0 Å². The molecule has 0 saturated heterocycles. The molecule has 1 aromatic heterocycles. The molecule has 0 aliphatic carbocycles. The van der Waals surface area contributed by atoms with E-state index in [1.165, 1.54) is 5.56 Å². The predicted molar refractivity (Wildman–Crippen MR) is 75.4 cm³/mol. The molecular weight excluding hydrogens is 224 g/mol. The van der Waals surface area contributed by atoms with E-state index < -0.39 is 0 Å². The molecule has 1 aromatic rings. The van der Waals surface area contributed by atoms with Crippen molar-refractivity contribution in [2.45, 2.75) is 65.8 Å². The van der Waals surface area contributed by atoms with Gasteiger partial charge in [0, 0.05) is 18.8 Å². The molecule has 1 unspecified atom stereocenters. The zero-order valence-electron chi connectivity index (χ0n) is 12.1. The Morgan fingerprint density at radius 1 is 1.28 bits per heavy atom. The Morgan fingerprint density at radius 2 is 2.06 bits per heavy atom. The monoisotopic (exact) mass is 250 g/mol. The third-order valence-corrected chi connectivity index (χ3v) is 2.81. The number of hydrogen-bond donors (Lipinski definition) is 1. The van der Waals surface area contributed by atoms with Gasteiger partial charge in [0.15, 0.2) is 0 Å². The van der Waals surface area contributed by atoms with Gasteiger partial charge in [-0.25, -0.2) is 0 Å². The standard InChI is InChI=1S/C15H26N2O/c1-5-6-13(4)18-11-15-8-7-14(10-17-15)9-16-12(2)3/h7-8,10,12-13,16H,5-6,9,11H2,1-4H3. The van der Waals surface area contributed by atoms with Crippen LogP contribution < -0.4 is 5.32 Å². The molecule has 18 heavy (non-hydrogen) atoms. The molecule has 1 heterocycles. The van der Waals surface area contributed by atoms with Crippen LogP contribution in [0.3, 0.4) is 0 Å². The fourth-order valence-electron chi connectivity index (χ4n) is 1.68. The Balaban J connectivity index is 2.35. The SMILES string of the molecule is CCCC(C)OCc1ccc(CNC(C)C)cn1. The van der Waals surface area contributed by atoms with Crippen molar-refractivity contribution in [3.8, 4) is 0 Å². The van der Waals surface area contributed by atoms with Gasteiger partial charge in [0.25, 0.3) is 0 Å². The molecule has 0 aliphatic heterocycles. The third-order valence-electron chi connectivity index (χ3n) is 2.81. The summed E-state index contributed by atoms with van der Waals surface area (Å²) < 4.78 is 5.73. The molecule has 1 atom stereocenters. The van der Waals surface area contributed by atoms with Crippen molar-refractivity contribution in [2.75, 3.05) is 0 Å². The minimum absolute atomic E-state index is 0.319. The van der Waals surface area contributed by atoms with Gasteiger partial charge in [0.1, 0.15) is 0 Å². The van der Waals surface area contributed by atoms with E-state index in [0.717, 1.165) is 25.1 Å². The van der Waals surface area contributed by atoms with Crippen LogP contribution in [0.2, 0.25) is 0 Å². The lowest BCUT2D eigenvalue weighted by Gasteiger charge is -2.12. The quantitative estimate of drug-likeness (QED) is 0.769. The van der Waals surface area contributed by atoms with Crippen LogP contribution in [0.25, 0.3) is 0 Å². The minimum atomic E-state index is 0.319. The van der Waals surface area contributed by atoms with E-state index >= 15 is 0 Å². The lowest BCUT2D eigenvalue weighted by molar-refractivity contribution is 0.0452. The number of nitrogens with one attached hydrogen (secondary N) is 1. The lowest BCUT2D eigenvalue weighted by Crippen LogP contribution is -2.21. The van der Waals surface area contributed by atoms with Crippen molar-refractivity contribution in [2.24, 2.45) is 0 Å². The molecule has 3 heteroatoms. The smallest absolute Gasteiger partial charge is 0.0891 e. The van der Waals surface area contributed by atoms with Crippen LogP contribution in [0, 0.1) is 0 Å². The summed E-state index contributed by atoms with van der Waals surface area (Å²) in [5, 5.41) is 3.38. The fraction of sp³-hybridized carbons (Fsp3) is 0.667. The summed E-state index contributed by atoms with van der Waals surface area (Å²) in [4.78, 5) is 4.42. The fourth-order valence-corrected chi connectivity index (χ4v) is 1.68. The Labute approximate surface area is 111 Å². The number of aromatic nitrogens is 1. The van der Waals surface area contributed by atoms with Gasteiger partial charge in [0.05, 0.1) is 18.4 Å². The van der Waals surface area contributed by atoms with Gasteiger partial charge in [-0.3, -0.25) is 4.98 Å². The number of rotatable bonds is 8. The van der Waals surface area contributed by atoms with Crippen molar-refractivity contribution < 1.29 is 4.74 Å². The van der Waals surface area contributed by atoms with Crippen LogP contribution in [0.4, 0.5) is 0 Å². The summed E-state index contributed by atoms with van der Waals surface area (Å²) in [5.41, 5.74) is 2.22. The van der Waals surface area contributed by atoms with Gasteiger partial charge in [0.2, 0.25) is 0 Å². The van der Waals surface area contributed by atoms with Gasteiger partial charge in [-0.15, -0.1) is 0 Å². The van der Waals surface area contributed by atoms with Crippen molar-refractivity contribution in [3.05, 3.63) is 29.6 Å². The molecule has 0 saturated carbocycles. The maximum atomic E-state index is 5.73. The molecular formula is C15H26N2O. The second-order valence-corrected chi connectivity index (χ2v) is 5.10. The number of hydrogen-bond acceptors (Lipinski definition) is 3. The topological polar surface area (TPSA) is 34.1 Å². The second kappa shape index (κ2) is 8.22. The van der Waals surface area contributed by atoms with Crippen LogP contribution in [-0.2, 0) is 17.9 Å². The average molecular weight is 250 g/mol. The van der Waals surface area contributed by atoms with Gasteiger partial charge in [-0.1, -0.05) is 33.3 Å². The molecule has 0 spiro atoms. The molecule has 0 aliphatic rings. The molecule has 0 aromatic carbocycles. The van der Waals surface area contributed by atoms with E-state index in [0.29, 0.717) is 18.8 Å². The average Bonchev–Trinajstić information content (AvgIpc) is 2.35. The highest BCUT2D eigenvalue weighted by Gasteiger charge is 2.02. The minimum Gasteiger partial charge on any atom is -0.372 e. The Morgan fingerprint density at radius 3 is 2.61 bits per heavy atom. The summed E-state index contributed by atoms with van der Waals surface area (Å²) >= 11 is 0. The molecule has 0 radical (unpaired) electrons. The zero-order valence-corrected chi connectivity index (χ0v) is 12.1. The highest BCUT2D eigenvalue weighted by atomic mass is 16.5. The maximum Gasteiger partial charge on any atom is 0.0891 e. The van der Waals surface area contributed by atoms with Gasteiger partial charge < -0.3 is 10.1 Å². The van der Waals surface area contributed by atoms with Gasteiger partial charge in [-0.2, -0.15) is 0 Å². The first-order valence-corrected chi connectivity index (χ1v) is 6.90. The Bertz CT molecular complexity index is 322. The first-order valence-electron chi connectivity index (χ1n) is 6.90. The summed E-state index contributed by atoms with van der Waals surface area (Å²) in [6.45, 7) is 10.1. The first-order chi connectivity index (χ1) is 8.61. The molecule has 1 N–H and O–H groups in total. The summed E-state index contributed by atoms with van der Waals surface area (Å²) in [6.07, 6.45) is 4.52. The van der Waals surface area contributed by atoms with Crippen molar-refractivity contribution in [1.82, 2.24) is 10.3 Å². The predicted octanol–water partition coefficient (Wildman–Crippen LogP) is 3.28. The van der Waals surface area contributed by atoms with E-state index in [-0.39, 0.29) is 0 Å². The lowest BCUT2D eigenvalue weighted by atomic mass is 10.2. The normalized spacial score (nSPS) is 12.9. The third kappa shape index (κ3) is 6.12. The highest BCUT2D eigenvalue weighted by Crippen LogP contribution is 2.06. The number of pyridine rings is 1. The summed E-state index contributed by atoms with van der Waals surface area (Å²) in [5.74, 6) is 0. The zero-order chi connectivity index (χ0) is 13.4. The van der Waals surface area contributed by atoms with Crippen LogP contribution >= 0.6 is 0 Å². The molecule has 0 amide bonds. The van der Waals surface area contributed by atoms with Crippen molar-refractivity contribution in [3.63, 3.8) is 0 Å². The largest absolute Gasteiger partial charge is 0.372 e. The Kier molecular flexibility index (Phi) is 6.91. The first kappa shape index (κ1) is 15.1. The Hall–Kier alpha value is -0.930. The maximum absolute atomic E-state index is 5.73. The van der Waals surface area contributed by atoms with Crippen LogP contribution in [-0.4, -0.2) is 17.1 Å². The summed E-state index contributed by atoms with van der Waals surface area (Å²) in [7, 11) is 0. The molecule has 0 bridgehead atoms. The number of nitrogens with zero attached hydrogens (tertiary/aromatic N) is 1. The van der Waals surface area contributed by atoms with E-state index in [1.54, 1.807) is 0 Å². The van der Waals surface area contributed by atoms with E-state index in [1.807, 2.05) is 6.20 Å². The van der Waals surface area contributed by atoms with E-state index in [2.05, 4.69) is 50.1 Å². The molecule has 3 nitrogen and oxygen atoms in total. The van der Waals surface area contributed by atoms with Gasteiger partial charge >= 0.3 is 0 Å². The van der Waals surface area contributed by atoms with Crippen LogP contribution in [0.15, 0.2) is 18.3 Å². The molecule has 1 rings (SSSR count). The van der Waals surface area contributed by atoms with Crippen molar-refractivity contribution >= 4 is 0 Å². The number of ether oxygens (including phenoxy) is 1. The van der Waals surface area contributed by atoms with E-state index in [4.69, 9.17) is 4.74 Å². The summed E-state index contributed by atoms with van der Waals surface area (Å²) in [6, 6.07) is 4.67.